The maximum absolute atomic E-state index is 11.6. The minimum absolute atomic E-state index is 0.0633. The zero-order chi connectivity index (χ0) is 15.8. The van der Waals surface area contributed by atoms with Crippen LogP contribution in [0.5, 0.6) is 5.75 Å². The molecule has 2 rings (SSSR count). The Morgan fingerprint density at radius 1 is 1.27 bits per heavy atom. The van der Waals surface area contributed by atoms with E-state index in [-0.39, 0.29) is 12.5 Å². The smallest absolute Gasteiger partial charge is 0.277 e. The van der Waals surface area contributed by atoms with E-state index in [0.29, 0.717) is 5.75 Å². The van der Waals surface area contributed by atoms with Gasteiger partial charge in [0.2, 0.25) is 0 Å². The third-order valence-electron chi connectivity index (χ3n) is 2.88. The first-order valence-electron chi connectivity index (χ1n) is 6.83. The number of thioether (sulfide) groups is 1. The normalized spacial score (nSPS) is 10.6. The van der Waals surface area contributed by atoms with Gasteiger partial charge in [0.25, 0.3) is 5.91 Å². The molecule has 0 fully saturated rings. The van der Waals surface area contributed by atoms with Crippen molar-refractivity contribution in [1.82, 2.24) is 5.43 Å². The number of carbonyl (C=O) groups is 1. The molecule has 0 saturated heterocycles. The van der Waals surface area contributed by atoms with Gasteiger partial charge in [-0.15, -0.1) is 11.8 Å². The standard InChI is InChI=1S/C17H18N2O2S/c1-13-4-3-5-15(10-13)21-12-17(20)19-18-11-14-6-8-16(22-2)9-7-14/h3-11H,12H2,1-2H3,(H,19,20)/b18-11+. The Balaban J connectivity index is 1.78. The molecule has 0 atom stereocenters. The van der Waals surface area contributed by atoms with Crippen LogP contribution < -0.4 is 10.2 Å². The van der Waals surface area contributed by atoms with E-state index >= 15 is 0 Å². The van der Waals surface area contributed by atoms with Crippen molar-refractivity contribution in [2.75, 3.05) is 12.9 Å². The summed E-state index contributed by atoms with van der Waals surface area (Å²) in [4.78, 5) is 12.8. The molecule has 0 heterocycles. The first-order chi connectivity index (χ1) is 10.7. The summed E-state index contributed by atoms with van der Waals surface area (Å²) < 4.78 is 5.39. The SMILES string of the molecule is CSc1ccc(/C=N/NC(=O)COc2cccc(C)c2)cc1. The first kappa shape index (κ1) is 16.1. The molecule has 0 spiro atoms. The number of hydrogen-bond acceptors (Lipinski definition) is 4. The van der Waals surface area contributed by atoms with E-state index in [9.17, 15) is 4.79 Å². The number of ether oxygens (including phenoxy) is 1. The number of carbonyl (C=O) groups excluding carboxylic acids is 1. The van der Waals surface area contributed by atoms with Crippen LogP contribution in [0.25, 0.3) is 0 Å². The Labute approximate surface area is 134 Å². The van der Waals surface area contributed by atoms with Crippen molar-refractivity contribution in [3.63, 3.8) is 0 Å². The Hall–Kier alpha value is -2.27. The average Bonchev–Trinajstić information content (AvgIpc) is 2.54. The third-order valence-corrected chi connectivity index (χ3v) is 3.62. The van der Waals surface area contributed by atoms with Crippen molar-refractivity contribution in [3.05, 3.63) is 59.7 Å². The average molecular weight is 314 g/mol. The fourth-order valence-electron chi connectivity index (χ4n) is 1.76. The largest absolute Gasteiger partial charge is 0.484 e. The number of benzene rings is 2. The first-order valence-corrected chi connectivity index (χ1v) is 8.05. The van der Waals surface area contributed by atoms with Gasteiger partial charge < -0.3 is 4.74 Å². The number of rotatable bonds is 6. The van der Waals surface area contributed by atoms with Gasteiger partial charge in [-0.1, -0.05) is 24.3 Å². The number of hydrazone groups is 1. The highest BCUT2D eigenvalue weighted by molar-refractivity contribution is 7.98. The van der Waals surface area contributed by atoms with E-state index in [1.54, 1.807) is 18.0 Å². The van der Waals surface area contributed by atoms with Crippen molar-refractivity contribution in [2.45, 2.75) is 11.8 Å². The van der Waals surface area contributed by atoms with Crippen molar-refractivity contribution >= 4 is 23.9 Å². The van der Waals surface area contributed by atoms with Gasteiger partial charge in [0.05, 0.1) is 6.21 Å². The molecular weight excluding hydrogens is 296 g/mol. The van der Waals surface area contributed by atoms with Crippen LogP contribution in [0.2, 0.25) is 0 Å². The van der Waals surface area contributed by atoms with Gasteiger partial charge in [0.1, 0.15) is 5.75 Å². The topological polar surface area (TPSA) is 50.7 Å². The second kappa shape index (κ2) is 8.24. The maximum Gasteiger partial charge on any atom is 0.277 e. The molecule has 0 radical (unpaired) electrons. The molecule has 0 aliphatic rings. The van der Waals surface area contributed by atoms with Crippen LogP contribution in [-0.4, -0.2) is 25.0 Å². The lowest BCUT2D eigenvalue weighted by atomic mass is 10.2. The molecule has 4 nitrogen and oxygen atoms in total. The highest BCUT2D eigenvalue weighted by atomic mass is 32.2. The van der Waals surface area contributed by atoms with E-state index in [2.05, 4.69) is 10.5 Å². The Morgan fingerprint density at radius 2 is 2.05 bits per heavy atom. The molecule has 0 saturated carbocycles. The predicted octanol–water partition coefficient (Wildman–Crippen LogP) is 3.25. The Morgan fingerprint density at radius 3 is 2.73 bits per heavy atom. The number of aryl methyl sites for hydroxylation is 1. The molecule has 2 aromatic carbocycles. The summed E-state index contributed by atoms with van der Waals surface area (Å²) in [6.07, 6.45) is 3.63. The molecule has 0 unspecified atom stereocenters. The molecule has 22 heavy (non-hydrogen) atoms. The summed E-state index contributed by atoms with van der Waals surface area (Å²) in [5, 5.41) is 3.92. The van der Waals surface area contributed by atoms with Crippen molar-refractivity contribution < 1.29 is 9.53 Å². The second-order valence-electron chi connectivity index (χ2n) is 4.67. The molecular formula is C17H18N2O2S. The number of nitrogens with zero attached hydrogens (tertiary/aromatic N) is 1. The fraction of sp³-hybridized carbons (Fsp3) is 0.176. The zero-order valence-corrected chi connectivity index (χ0v) is 13.4. The molecule has 2 aromatic rings. The summed E-state index contributed by atoms with van der Waals surface area (Å²) in [5.74, 6) is 0.380. The van der Waals surface area contributed by atoms with Gasteiger partial charge in [-0.05, 0) is 48.6 Å². The number of amides is 1. The van der Waals surface area contributed by atoms with Crippen LogP contribution in [0.3, 0.4) is 0 Å². The van der Waals surface area contributed by atoms with Gasteiger partial charge in [0, 0.05) is 4.90 Å². The van der Waals surface area contributed by atoms with Crippen molar-refractivity contribution in [2.24, 2.45) is 5.10 Å². The lowest BCUT2D eigenvalue weighted by Crippen LogP contribution is -2.24. The zero-order valence-electron chi connectivity index (χ0n) is 12.6. The molecule has 1 N–H and O–H groups in total. The van der Waals surface area contributed by atoms with Crippen LogP contribution in [0.15, 0.2) is 58.5 Å². The number of nitrogens with one attached hydrogen (secondary N) is 1. The van der Waals surface area contributed by atoms with Crippen molar-refractivity contribution in [1.29, 1.82) is 0 Å². The summed E-state index contributed by atoms with van der Waals surface area (Å²) in [5.41, 5.74) is 4.46. The molecule has 0 aliphatic heterocycles. The lowest BCUT2D eigenvalue weighted by molar-refractivity contribution is -0.123. The van der Waals surface area contributed by atoms with Crippen LogP contribution in [0.4, 0.5) is 0 Å². The summed E-state index contributed by atoms with van der Waals surface area (Å²) in [6, 6.07) is 15.5. The molecule has 0 aliphatic carbocycles. The number of hydrogen-bond donors (Lipinski definition) is 1. The van der Waals surface area contributed by atoms with Crippen LogP contribution in [0, 0.1) is 6.92 Å². The Kier molecular flexibility index (Phi) is 6.03. The van der Waals surface area contributed by atoms with Crippen molar-refractivity contribution in [3.8, 4) is 5.75 Å². The second-order valence-corrected chi connectivity index (χ2v) is 5.55. The van der Waals surface area contributed by atoms with E-state index in [1.165, 1.54) is 4.90 Å². The van der Waals surface area contributed by atoms with Gasteiger partial charge in [-0.2, -0.15) is 5.10 Å². The van der Waals surface area contributed by atoms with Gasteiger partial charge in [-0.25, -0.2) is 5.43 Å². The third kappa shape index (κ3) is 5.26. The molecule has 0 bridgehead atoms. The fourth-order valence-corrected chi connectivity index (χ4v) is 2.16. The molecule has 1 amide bonds. The minimum atomic E-state index is -0.293. The summed E-state index contributed by atoms with van der Waals surface area (Å²) in [7, 11) is 0. The molecule has 5 heteroatoms. The van der Waals surface area contributed by atoms with Gasteiger partial charge >= 0.3 is 0 Å². The monoisotopic (exact) mass is 314 g/mol. The summed E-state index contributed by atoms with van der Waals surface area (Å²) >= 11 is 1.68. The van der Waals surface area contributed by atoms with Crippen LogP contribution in [-0.2, 0) is 4.79 Å². The van der Waals surface area contributed by atoms with E-state index < -0.39 is 0 Å². The Bertz CT molecular complexity index is 654. The van der Waals surface area contributed by atoms with Crippen LogP contribution in [0.1, 0.15) is 11.1 Å². The van der Waals surface area contributed by atoms with Gasteiger partial charge in [0.15, 0.2) is 6.61 Å². The highest BCUT2D eigenvalue weighted by Gasteiger charge is 2.01. The molecule has 114 valence electrons. The summed E-state index contributed by atoms with van der Waals surface area (Å²) in [6.45, 7) is 1.91. The van der Waals surface area contributed by atoms with E-state index in [1.807, 2.05) is 61.7 Å². The molecule has 0 aromatic heterocycles. The quantitative estimate of drug-likeness (QED) is 0.506. The maximum atomic E-state index is 11.6. The minimum Gasteiger partial charge on any atom is -0.484 e. The van der Waals surface area contributed by atoms with Gasteiger partial charge in [-0.3, -0.25) is 4.79 Å². The lowest BCUT2D eigenvalue weighted by Gasteiger charge is -2.05. The van der Waals surface area contributed by atoms with Crippen LogP contribution >= 0.6 is 11.8 Å². The predicted molar refractivity (Wildman–Crippen MR) is 90.6 cm³/mol. The highest BCUT2D eigenvalue weighted by Crippen LogP contribution is 2.14. The van der Waals surface area contributed by atoms with E-state index in [0.717, 1.165) is 11.1 Å². The van der Waals surface area contributed by atoms with E-state index in [4.69, 9.17) is 4.74 Å².